The molecule has 9 heteroatoms. The second-order valence-electron chi connectivity index (χ2n) is 12.3. The number of unbranched alkanes of at least 4 members (excludes halogenated alkanes) is 2. The van der Waals surface area contributed by atoms with Gasteiger partial charge in [0.25, 0.3) is 12.0 Å². The van der Waals surface area contributed by atoms with E-state index in [4.69, 9.17) is 14.5 Å². The summed E-state index contributed by atoms with van der Waals surface area (Å²) in [6.07, 6.45) is 10.8. The largest absolute Gasteiger partial charge is 0.460 e. The van der Waals surface area contributed by atoms with Crippen LogP contribution in [-0.4, -0.2) is 71.1 Å². The minimum absolute atomic E-state index is 0.000767. The standard InChI is InChI=1S/C23H22N2O5.C13H28N2.C2H6/c1-5-14(30-11-26)7-17-13(4)24-21-18(15(17)6-2)9-25-20(21)8-16-12(3)23(28)29-10-19(16)22(25)27;1-4-6-7-10-15(5-2)13-8-11-14(3)12-9-13;1-2/h5,7-8,11-12H,1,6,9-10H2,2-4H3;13H,4-12H2,1-3H3;1-2H3/b14-7+;;/t12-;;/m0../s1. The molecule has 0 radical (unpaired) electrons. The minimum Gasteiger partial charge on any atom is -0.460 e. The maximum atomic E-state index is 13.2. The highest BCUT2D eigenvalue weighted by atomic mass is 16.5. The second-order valence-corrected chi connectivity index (χ2v) is 12.3. The Hall–Kier alpha value is -3.56. The lowest BCUT2D eigenvalue weighted by Crippen LogP contribution is -2.44. The van der Waals surface area contributed by atoms with E-state index < -0.39 is 5.92 Å². The number of esters is 1. The fourth-order valence-electron chi connectivity index (χ4n) is 6.81. The molecular weight excluding hydrogens is 592 g/mol. The number of carbonyl (C=O) groups is 2. The highest BCUT2D eigenvalue weighted by Gasteiger charge is 2.33. The van der Waals surface area contributed by atoms with Gasteiger partial charge in [0.1, 0.15) is 12.4 Å². The Bertz CT molecular complexity index is 1490. The number of cyclic esters (lactones) is 1. The molecule has 9 nitrogen and oxygen atoms in total. The third-order valence-corrected chi connectivity index (χ3v) is 9.50. The molecular formula is C38H56N4O5. The van der Waals surface area contributed by atoms with Crippen molar-refractivity contribution in [3.05, 3.63) is 68.3 Å². The Morgan fingerprint density at radius 3 is 2.45 bits per heavy atom. The van der Waals surface area contributed by atoms with Gasteiger partial charge in [-0.1, -0.05) is 54.0 Å². The highest BCUT2D eigenvalue weighted by molar-refractivity contribution is 5.81. The Morgan fingerprint density at radius 2 is 1.85 bits per heavy atom. The number of aryl methyl sites for hydroxylation is 1. The van der Waals surface area contributed by atoms with Crippen molar-refractivity contribution in [1.29, 1.82) is 0 Å². The third-order valence-electron chi connectivity index (χ3n) is 9.50. The van der Waals surface area contributed by atoms with E-state index in [9.17, 15) is 14.4 Å². The fraction of sp³-hybridized carbons (Fsp3) is 0.579. The molecule has 47 heavy (non-hydrogen) atoms. The average molecular weight is 649 g/mol. The van der Waals surface area contributed by atoms with Gasteiger partial charge in [-0.25, -0.2) is 0 Å². The van der Waals surface area contributed by atoms with E-state index in [1.165, 1.54) is 64.4 Å². The molecule has 2 aromatic rings. The summed E-state index contributed by atoms with van der Waals surface area (Å²) in [5, 5.41) is 0. The first-order valence-corrected chi connectivity index (χ1v) is 17.5. The number of fused-ring (bicyclic) bond motifs is 4. The van der Waals surface area contributed by atoms with Gasteiger partial charge in [0.2, 0.25) is 0 Å². The minimum atomic E-state index is -0.485. The van der Waals surface area contributed by atoms with Crippen LogP contribution in [0.1, 0.15) is 113 Å². The van der Waals surface area contributed by atoms with Gasteiger partial charge in [-0.2, -0.15) is 0 Å². The summed E-state index contributed by atoms with van der Waals surface area (Å²) in [6.45, 7) is 23.8. The summed E-state index contributed by atoms with van der Waals surface area (Å²) in [7, 11) is 2.24. The molecule has 0 saturated carbocycles. The lowest BCUT2D eigenvalue weighted by molar-refractivity contribution is -0.147. The van der Waals surface area contributed by atoms with Gasteiger partial charge < -0.3 is 23.8 Å². The Labute approximate surface area is 281 Å². The van der Waals surface area contributed by atoms with Gasteiger partial charge in [-0.05, 0) is 102 Å². The Kier molecular flexibility index (Phi) is 14.6. The number of allylic oxidation sites excluding steroid dienone is 1. The number of rotatable bonds is 11. The number of hydrogen-bond donors (Lipinski definition) is 0. The molecule has 1 saturated heterocycles. The van der Waals surface area contributed by atoms with Crippen molar-refractivity contribution in [3.8, 4) is 11.4 Å². The van der Waals surface area contributed by atoms with Crippen LogP contribution < -0.4 is 5.56 Å². The molecule has 5 rings (SSSR count). The molecule has 5 heterocycles. The summed E-state index contributed by atoms with van der Waals surface area (Å²) in [5.74, 6) is -0.478. The van der Waals surface area contributed by atoms with Crippen LogP contribution in [0.25, 0.3) is 17.5 Å². The van der Waals surface area contributed by atoms with Crippen molar-refractivity contribution in [1.82, 2.24) is 19.4 Å². The zero-order chi connectivity index (χ0) is 34.7. The van der Waals surface area contributed by atoms with Crippen LogP contribution in [0.15, 0.2) is 29.3 Å². The van der Waals surface area contributed by atoms with Crippen LogP contribution in [0.3, 0.4) is 0 Å². The van der Waals surface area contributed by atoms with Crippen molar-refractivity contribution in [2.75, 3.05) is 33.2 Å². The van der Waals surface area contributed by atoms with Gasteiger partial charge >= 0.3 is 5.97 Å². The molecule has 3 aliphatic rings. The highest BCUT2D eigenvalue weighted by Crippen LogP contribution is 2.38. The van der Waals surface area contributed by atoms with Crippen LogP contribution >= 0.6 is 0 Å². The SMILES string of the molecule is C=C/C(=C\c1c(C)nc2c(c1CC)Cn1c-2cc2c(c1=O)COC(=O)[C@H]2C)OC=O.CC.CCCCCN(CC)C1CCN(C)CC1. The first-order chi connectivity index (χ1) is 22.7. The molecule has 0 unspecified atom stereocenters. The topological polar surface area (TPSA) is 94.0 Å². The maximum absolute atomic E-state index is 13.2. The molecule has 1 atom stereocenters. The molecule has 0 amide bonds. The summed E-state index contributed by atoms with van der Waals surface area (Å²) >= 11 is 0. The van der Waals surface area contributed by atoms with Gasteiger partial charge in [0.05, 0.1) is 29.4 Å². The normalized spacial score (nSPS) is 17.3. The second kappa shape index (κ2) is 18.1. The van der Waals surface area contributed by atoms with Crippen molar-refractivity contribution in [2.45, 2.75) is 112 Å². The van der Waals surface area contributed by atoms with Gasteiger partial charge in [-0.3, -0.25) is 19.4 Å². The smallest absolute Gasteiger partial charge is 0.313 e. The number of nitrogens with zero attached hydrogens (tertiary/aromatic N) is 4. The molecule has 0 aliphatic carbocycles. The lowest BCUT2D eigenvalue weighted by Gasteiger charge is -2.36. The molecule has 0 bridgehead atoms. The monoisotopic (exact) mass is 648 g/mol. The quantitative estimate of drug-likeness (QED) is 0.0753. The molecule has 0 aromatic carbocycles. The van der Waals surface area contributed by atoms with E-state index in [2.05, 4.69) is 37.3 Å². The van der Waals surface area contributed by atoms with Crippen LogP contribution in [0.2, 0.25) is 0 Å². The number of carbonyl (C=O) groups excluding carboxylic acids is 2. The number of pyridine rings is 2. The van der Waals surface area contributed by atoms with Crippen molar-refractivity contribution < 1.29 is 19.1 Å². The summed E-state index contributed by atoms with van der Waals surface area (Å²) in [6, 6.07) is 2.77. The van der Waals surface area contributed by atoms with E-state index in [0.29, 0.717) is 36.3 Å². The first-order valence-electron chi connectivity index (χ1n) is 17.5. The van der Waals surface area contributed by atoms with Gasteiger partial charge in [0, 0.05) is 22.9 Å². The van der Waals surface area contributed by atoms with Gasteiger partial charge in [0.15, 0.2) is 0 Å². The zero-order valence-corrected chi connectivity index (χ0v) is 30.0. The van der Waals surface area contributed by atoms with Crippen LogP contribution in [-0.2, 0) is 38.6 Å². The predicted molar refractivity (Wildman–Crippen MR) is 189 cm³/mol. The number of piperidine rings is 1. The molecule has 2 aromatic heterocycles. The van der Waals surface area contributed by atoms with E-state index in [1.807, 2.05) is 33.8 Å². The number of ether oxygens (including phenoxy) is 2. The predicted octanol–water partition coefficient (Wildman–Crippen LogP) is 6.62. The molecule has 0 N–H and O–H groups in total. The summed E-state index contributed by atoms with van der Waals surface area (Å²) in [4.78, 5) is 45.9. The number of likely N-dealkylation sites (tertiary alicyclic amines) is 1. The van der Waals surface area contributed by atoms with Crippen LogP contribution in [0.5, 0.6) is 0 Å². The fourth-order valence-corrected chi connectivity index (χ4v) is 6.81. The van der Waals surface area contributed by atoms with Crippen molar-refractivity contribution in [2.24, 2.45) is 0 Å². The Balaban J connectivity index is 0.000000298. The molecule has 3 aliphatic heterocycles. The average Bonchev–Trinajstić information content (AvgIpc) is 3.45. The van der Waals surface area contributed by atoms with E-state index >= 15 is 0 Å². The van der Waals surface area contributed by atoms with Crippen LogP contribution in [0.4, 0.5) is 0 Å². The van der Waals surface area contributed by atoms with E-state index in [-0.39, 0.29) is 18.1 Å². The van der Waals surface area contributed by atoms with Gasteiger partial charge in [-0.15, -0.1) is 0 Å². The molecule has 258 valence electrons. The molecule has 1 fully saturated rings. The maximum Gasteiger partial charge on any atom is 0.313 e. The Morgan fingerprint density at radius 1 is 1.15 bits per heavy atom. The number of hydrogen-bond acceptors (Lipinski definition) is 8. The van der Waals surface area contributed by atoms with Crippen LogP contribution in [0, 0.1) is 6.92 Å². The summed E-state index contributed by atoms with van der Waals surface area (Å²) < 4.78 is 11.8. The van der Waals surface area contributed by atoms with Crippen molar-refractivity contribution in [3.63, 3.8) is 0 Å². The summed E-state index contributed by atoms with van der Waals surface area (Å²) in [5.41, 5.74) is 6.17. The number of aromatic nitrogens is 2. The van der Waals surface area contributed by atoms with E-state index in [0.717, 1.165) is 39.8 Å². The third kappa shape index (κ3) is 8.68. The lowest BCUT2D eigenvalue weighted by atomic mass is 9.93. The molecule has 0 spiro atoms. The zero-order valence-electron chi connectivity index (χ0n) is 30.0. The first kappa shape index (κ1) is 37.9. The van der Waals surface area contributed by atoms with E-state index in [1.54, 1.807) is 17.6 Å². The van der Waals surface area contributed by atoms with Crippen molar-refractivity contribution >= 4 is 18.5 Å².